The number of ether oxygens (including phenoxy) is 2. The zero-order valence-corrected chi connectivity index (χ0v) is 20.5. The lowest BCUT2D eigenvalue weighted by Crippen LogP contribution is -2.25. The van der Waals surface area contributed by atoms with Crippen LogP contribution in [0.5, 0.6) is 5.75 Å². The van der Waals surface area contributed by atoms with E-state index in [-0.39, 0.29) is 18.8 Å². The molecule has 0 atom stereocenters. The van der Waals surface area contributed by atoms with Crippen molar-refractivity contribution in [3.8, 4) is 5.75 Å². The van der Waals surface area contributed by atoms with E-state index in [0.29, 0.717) is 29.8 Å². The van der Waals surface area contributed by atoms with E-state index in [1.165, 1.54) is 0 Å². The summed E-state index contributed by atoms with van der Waals surface area (Å²) in [5.74, 6) is -2.02. The topological polar surface area (TPSA) is 101 Å². The Morgan fingerprint density at radius 3 is 2.37 bits per heavy atom. The van der Waals surface area contributed by atoms with Gasteiger partial charge in [0.2, 0.25) is 0 Å². The molecule has 0 bridgehead atoms. The fraction of sp³-hybridized carbons (Fsp3) is 0.129. The zero-order chi connectivity index (χ0) is 26.2. The van der Waals surface area contributed by atoms with Crippen LogP contribution in [0.15, 0.2) is 84.9 Å². The van der Waals surface area contributed by atoms with E-state index in [0.717, 1.165) is 33.0 Å². The molecule has 38 heavy (non-hydrogen) atoms. The average molecular weight is 505 g/mol. The Hall–Kier alpha value is -4.91. The second-order valence-corrected chi connectivity index (χ2v) is 9.30. The van der Waals surface area contributed by atoms with Crippen LogP contribution in [0.25, 0.3) is 21.7 Å². The third kappa shape index (κ3) is 4.08. The minimum atomic E-state index is -1.04. The lowest BCUT2D eigenvalue weighted by atomic mass is 9.95. The summed E-state index contributed by atoms with van der Waals surface area (Å²) in [6, 6.07) is 27.0. The van der Waals surface area contributed by atoms with Gasteiger partial charge in [-0.2, -0.15) is 0 Å². The molecule has 1 amide bonds. The van der Waals surface area contributed by atoms with Crippen LogP contribution in [0.3, 0.4) is 0 Å². The number of Topliss-reactive ketones (excluding diaryl/α,β-unsaturated/α-hetero) is 1. The van der Waals surface area contributed by atoms with E-state index in [4.69, 9.17) is 15.2 Å². The summed E-state index contributed by atoms with van der Waals surface area (Å²) in [6.07, 6.45) is 0.466. The van der Waals surface area contributed by atoms with Gasteiger partial charge < -0.3 is 19.8 Å². The zero-order valence-electron chi connectivity index (χ0n) is 20.5. The van der Waals surface area contributed by atoms with Gasteiger partial charge >= 0.3 is 5.97 Å². The number of hydrogen-bond donors (Lipinski definition) is 1. The number of primary amides is 1. The van der Waals surface area contributed by atoms with Gasteiger partial charge in [0.05, 0.1) is 16.5 Å². The van der Waals surface area contributed by atoms with Gasteiger partial charge in [0.25, 0.3) is 11.7 Å². The second kappa shape index (κ2) is 9.52. The van der Waals surface area contributed by atoms with Gasteiger partial charge in [0.1, 0.15) is 12.4 Å². The predicted molar refractivity (Wildman–Crippen MR) is 143 cm³/mol. The minimum Gasteiger partial charge on any atom is -0.481 e. The molecule has 0 saturated carbocycles. The molecule has 2 heterocycles. The Morgan fingerprint density at radius 1 is 0.868 bits per heavy atom. The first-order valence-electron chi connectivity index (χ1n) is 12.3. The molecule has 2 N–H and O–H groups in total. The molecule has 0 radical (unpaired) electrons. The SMILES string of the molecule is NC(=O)C(=O)c1c2n(c3cc4ccccc4c(OCC(=O)OCc4ccccc4)c13)Cc1ccccc1C2. The van der Waals surface area contributed by atoms with E-state index in [2.05, 4.69) is 6.07 Å². The van der Waals surface area contributed by atoms with Crippen molar-refractivity contribution in [1.82, 2.24) is 4.57 Å². The number of aromatic nitrogens is 1. The fourth-order valence-electron chi connectivity index (χ4n) is 5.21. The number of carbonyl (C=O) groups excluding carboxylic acids is 3. The number of amides is 1. The van der Waals surface area contributed by atoms with Crippen LogP contribution in [0.1, 0.15) is 32.7 Å². The van der Waals surface area contributed by atoms with Crippen LogP contribution in [-0.2, 0) is 33.9 Å². The first-order chi connectivity index (χ1) is 18.5. The number of nitrogens with zero attached hydrogens (tertiary/aromatic N) is 1. The highest BCUT2D eigenvalue weighted by Gasteiger charge is 2.31. The maximum absolute atomic E-state index is 13.3. The van der Waals surface area contributed by atoms with E-state index in [1.807, 2.05) is 83.4 Å². The van der Waals surface area contributed by atoms with Gasteiger partial charge in [-0.05, 0) is 28.1 Å². The van der Waals surface area contributed by atoms with Crippen molar-refractivity contribution in [2.24, 2.45) is 5.73 Å². The lowest BCUT2D eigenvalue weighted by molar-refractivity contribution is -0.147. The molecular formula is C31H24N2O5. The molecule has 1 aliphatic rings. The highest BCUT2D eigenvalue weighted by molar-refractivity contribution is 6.45. The first kappa shape index (κ1) is 23.5. The van der Waals surface area contributed by atoms with Gasteiger partial charge in [0.15, 0.2) is 6.61 Å². The van der Waals surface area contributed by atoms with Gasteiger partial charge in [0, 0.05) is 24.0 Å². The number of fused-ring (bicyclic) bond motifs is 5. The fourth-order valence-corrected chi connectivity index (χ4v) is 5.21. The summed E-state index contributed by atoms with van der Waals surface area (Å²) in [7, 11) is 0. The summed E-state index contributed by atoms with van der Waals surface area (Å²) in [4.78, 5) is 38.1. The molecule has 0 unspecified atom stereocenters. The Bertz CT molecular complexity index is 1740. The van der Waals surface area contributed by atoms with Crippen LogP contribution in [0.2, 0.25) is 0 Å². The maximum Gasteiger partial charge on any atom is 0.344 e. The third-order valence-electron chi connectivity index (χ3n) is 6.97. The van der Waals surface area contributed by atoms with Crippen LogP contribution in [0, 0.1) is 0 Å². The number of hydrogen-bond acceptors (Lipinski definition) is 5. The lowest BCUT2D eigenvalue weighted by Gasteiger charge is -2.20. The molecule has 6 rings (SSSR count). The number of ketones is 1. The monoisotopic (exact) mass is 504 g/mol. The molecule has 188 valence electrons. The number of esters is 1. The normalized spacial score (nSPS) is 12.1. The number of benzene rings is 4. The molecule has 0 aliphatic carbocycles. The van der Waals surface area contributed by atoms with Gasteiger partial charge in [-0.25, -0.2) is 4.79 Å². The van der Waals surface area contributed by atoms with E-state index in [9.17, 15) is 14.4 Å². The smallest absolute Gasteiger partial charge is 0.344 e. The van der Waals surface area contributed by atoms with Crippen molar-refractivity contribution in [3.05, 3.63) is 113 Å². The van der Waals surface area contributed by atoms with Crippen molar-refractivity contribution in [2.75, 3.05) is 6.61 Å². The molecule has 1 aromatic heterocycles. The van der Waals surface area contributed by atoms with Crippen LogP contribution < -0.4 is 10.5 Å². The summed E-state index contributed by atoms with van der Waals surface area (Å²) in [5.41, 5.74) is 10.3. The molecule has 1 aliphatic heterocycles. The second-order valence-electron chi connectivity index (χ2n) is 9.30. The Labute approximate surface area is 218 Å². The van der Waals surface area contributed by atoms with Crippen LogP contribution in [0.4, 0.5) is 0 Å². The van der Waals surface area contributed by atoms with E-state index < -0.39 is 17.7 Å². The first-order valence-corrected chi connectivity index (χ1v) is 12.3. The van der Waals surface area contributed by atoms with Gasteiger partial charge in [-0.1, -0.05) is 78.9 Å². The molecule has 0 spiro atoms. The summed E-state index contributed by atoms with van der Waals surface area (Å²) in [6.45, 7) is 0.296. The molecule has 0 saturated heterocycles. The van der Waals surface area contributed by atoms with Crippen LogP contribution >= 0.6 is 0 Å². The van der Waals surface area contributed by atoms with Crippen molar-refractivity contribution in [1.29, 1.82) is 0 Å². The largest absolute Gasteiger partial charge is 0.481 e. The van der Waals surface area contributed by atoms with Gasteiger partial charge in [-0.3, -0.25) is 9.59 Å². The summed E-state index contributed by atoms with van der Waals surface area (Å²) >= 11 is 0. The summed E-state index contributed by atoms with van der Waals surface area (Å²) < 4.78 is 13.6. The van der Waals surface area contributed by atoms with Gasteiger partial charge in [-0.15, -0.1) is 0 Å². The molecule has 7 heteroatoms. The van der Waals surface area contributed by atoms with E-state index >= 15 is 0 Å². The highest BCUT2D eigenvalue weighted by Crippen LogP contribution is 2.42. The third-order valence-corrected chi connectivity index (χ3v) is 6.97. The molecule has 0 fully saturated rings. The Kier molecular flexibility index (Phi) is 5.88. The molecule has 5 aromatic rings. The van der Waals surface area contributed by atoms with Crippen LogP contribution in [-0.4, -0.2) is 28.8 Å². The minimum absolute atomic E-state index is 0.123. The number of rotatable bonds is 7. The summed E-state index contributed by atoms with van der Waals surface area (Å²) in [5, 5.41) is 2.07. The number of carbonyl (C=O) groups is 3. The van der Waals surface area contributed by atoms with Crippen molar-refractivity contribution < 1.29 is 23.9 Å². The molecular weight excluding hydrogens is 480 g/mol. The standard InChI is InChI=1S/C31H24N2O5/c32-31(36)29(35)27-24-14-20-10-4-5-12-22(20)16-33(24)25-15-21-11-6-7-13-23(21)30(28(25)27)38-18-26(34)37-17-19-8-2-1-3-9-19/h1-13,15H,14,16-18H2,(H2,32,36). The van der Waals surface area contributed by atoms with Crippen molar-refractivity contribution in [3.63, 3.8) is 0 Å². The predicted octanol–water partition coefficient (Wildman–Crippen LogP) is 4.54. The Morgan fingerprint density at radius 2 is 1.58 bits per heavy atom. The Balaban J connectivity index is 1.47. The van der Waals surface area contributed by atoms with E-state index in [1.54, 1.807) is 0 Å². The average Bonchev–Trinajstić information content (AvgIpc) is 3.25. The quantitative estimate of drug-likeness (QED) is 0.196. The van der Waals surface area contributed by atoms with Crippen molar-refractivity contribution in [2.45, 2.75) is 19.6 Å². The number of nitrogens with two attached hydrogens (primary N) is 1. The molecule has 4 aromatic carbocycles. The van der Waals surface area contributed by atoms with Crippen molar-refractivity contribution >= 4 is 39.3 Å². The highest BCUT2D eigenvalue weighted by atomic mass is 16.6. The molecule has 7 nitrogen and oxygen atoms in total. The maximum atomic E-state index is 13.3.